The molecule has 1 amide bonds. The smallest absolute Gasteiger partial charge is 0.339 e. The van der Waals surface area contributed by atoms with Crippen molar-refractivity contribution in [2.45, 2.75) is 26.8 Å². The van der Waals surface area contributed by atoms with Crippen LogP contribution in [0.25, 0.3) is 0 Å². The van der Waals surface area contributed by atoms with Gasteiger partial charge in [0.05, 0.1) is 24.8 Å². The predicted molar refractivity (Wildman–Crippen MR) is 114 cm³/mol. The molecule has 1 saturated heterocycles. The molecule has 0 saturated carbocycles. The minimum atomic E-state index is -0.551. The van der Waals surface area contributed by atoms with E-state index in [1.54, 1.807) is 11.8 Å². The molecule has 0 bridgehead atoms. The Morgan fingerprint density at radius 2 is 1.87 bits per heavy atom. The molecule has 0 aliphatic carbocycles. The molecule has 1 fully saturated rings. The third-order valence-corrected chi connectivity index (χ3v) is 5.65. The number of esters is 1. The average Bonchev–Trinajstić information content (AvgIpc) is 3.04. The van der Waals surface area contributed by atoms with Crippen LogP contribution >= 0.6 is 11.6 Å². The molecule has 0 atom stereocenters. The number of halogens is 1. The zero-order valence-electron chi connectivity index (χ0n) is 17.5. The molecular formula is C22H26ClN3O4. The summed E-state index contributed by atoms with van der Waals surface area (Å²) in [6, 6.07) is 7.78. The summed E-state index contributed by atoms with van der Waals surface area (Å²) in [4.78, 5) is 43.9. The van der Waals surface area contributed by atoms with E-state index in [2.05, 4.69) is 9.88 Å². The molecule has 1 N–H and O–H groups in total. The predicted octanol–water partition coefficient (Wildman–Crippen LogP) is 2.85. The molecule has 1 aromatic carbocycles. The van der Waals surface area contributed by atoms with Gasteiger partial charge in [0.2, 0.25) is 5.91 Å². The van der Waals surface area contributed by atoms with Gasteiger partial charge in [-0.05, 0) is 30.2 Å². The molecule has 2 heterocycles. The van der Waals surface area contributed by atoms with Crippen molar-refractivity contribution in [2.24, 2.45) is 0 Å². The van der Waals surface area contributed by atoms with Crippen molar-refractivity contribution in [2.75, 3.05) is 33.3 Å². The number of H-pyrrole nitrogens is 1. The first-order chi connectivity index (χ1) is 14.3. The fraction of sp³-hybridized carbons (Fsp3) is 0.409. The van der Waals surface area contributed by atoms with Crippen molar-refractivity contribution < 1.29 is 19.1 Å². The van der Waals surface area contributed by atoms with Gasteiger partial charge in [0.25, 0.3) is 0 Å². The Labute approximate surface area is 180 Å². The van der Waals surface area contributed by atoms with Crippen LogP contribution < -0.4 is 0 Å². The maximum absolute atomic E-state index is 12.9. The number of ketones is 1. The Balaban J connectivity index is 1.64. The van der Waals surface area contributed by atoms with E-state index in [1.807, 2.05) is 24.3 Å². The van der Waals surface area contributed by atoms with Gasteiger partial charge in [0, 0.05) is 50.4 Å². The average molecular weight is 432 g/mol. The van der Waals surface area contributed by atoms with E-state index < -0.39 is 5.97 Å². The summed E-state index contributed by atoms with van der Waals surface area (Å²) < 4.78 is 4.85. The third-order valence-electron chi connectivity index (χ3n) is 5.42. The number of methoxy groups -OCH3 is 1. The Hall–Kier alpha value is -2.64. The molecule has 2 aromatic rings. The Morgan fingerprint density at radius 1 is 1.17 bits per heavy atom. The van der Waals surface area contributed by atoms with Crippen LogP contribution in [0.2, 0.25) is 5.02 Å². The molecule has 30 heavy (non-hydrogen) atoms. The lowest BCUT2D eigenvalue weighted by molar-refractivity contribution is -0.132. The van der Waals surface area contributed by atoms with E-state index in [0.717, 1.165) is 25.2 Å². The quantitative estimate of drug-likeness (QED) is 0.561. The monoisotopic (exact) mass is 431 g/mol. The minimum absolute atomic E-state index is 0.0207. The molecular weight excluding hydrogens is 406 g/mol. The number of ether oxygens (including phenoxy) is 1. The van der Waals surface area contributed by atoms with Gasteiger partial charge in [-0.1, -0.05) is 23.7 Å². The second-order valence-electron chi connectivity index (χ2n) is 7.49. The number of hydrogen-bond donors (Lipinski definition) is 1. The van der Waals surface area contributed by atoms with Crippen LogP contribution in [0.1, 0.15) is 44.6 Å². The topological polar surface area (TPSA) is 82.7 Å². The van der Waals surface area contributed by atoms with Crippen LogP contribution in [0.4, 0.5) is 0 Å². The molecule has 0 spiro atoms. The number of carbonyl (C=O) groups excluding carboxylic acids is 3. The van der Waals surface area contributed by atoms with Gasteiger partial charge in [-0.25, -0.2) is 4.79 Å². The van der Waals surface area contributed by atoms with Crippen LogP contribution in [-0.4, -0.2) is 65.7 Å². The van der Waals surface area contributed by atoms with Gasteiger partial charge >= 0.3 is 5.97 Å². The van der Waals surface area contributed by atoms with Gasteiger partial charge in [-0.3, -0.25) is 14.5 Å². The summed E-state index contributed by atoms with van der Waals surface area (Å²) in [6.07, 6.45) is 0.0207. The molecule has 0 radical (unpaired) electrons. The van der Waals surface area contributed by atoms with Crippen molar-refractivity contribution in [3.8, 4) is 0 Å². The molecule has 1 aromatic heterocycles. The lowest BCUT2D eigenvalue weighted by Crippen LogP contribution is -2.48. The second kappa shape index (κ2) is 9.45. The number of benzene rings is 1. The standard InChI is InChI=1S/C22H26ClN3O4/c1-14-20(22(29)30-3)18(24-21(14)15(2)27)12-19(28)26-9-7-25(8-10-26)13-16-5-4-6-17(23)11-16/h4-6,11,24H,7-10,12-13H2,1-3H3. The largest absolute Gasteiger partial charge is 0.465 e. The fourth-order valence-corrected chi connectivity index (χ4v) is 4.05. The lowest BCUT2D eigenvalue weighted by atomic mass is 10.1. The first kappa shape index (κ1) is 22.1. The molecule has 7 nitrogen and oxygen atoms in total. The number of aromatic nitrogens is 1. The highest BCUT2D eigenvalue weighted by Gasteiger charge is 2.27. The van der Waals surface area contributed by atoms with Crippen LogP contribution in [0.5, 0.6) is 0 Å². The maximum atomic E-state index is 12.9. The summed E-state index contributed by atoms with van der Waals surface area (Å²) in [5, 5.41) is 0.717. The zero-order valence-corrected chi connectivity index (χ0v) is 18.2. The highest BCUT2D eigenvalue weighted by atomic mass is 35.5. The number of aromatic amines is 1. The normalized spacial score (nSPS) is 14.6. The van der Waals surface area contributed by atoms with Crippen molar-refractivity contribution in [3.63, 3.8) is 0 Å². The molecule has 8 heteroatoms. The Kier molecular flexibility index (Phi) is 6.95. The number of amides is 1. The van der Waals surface area contributed by atoms with Gasteiger partial charge in [-0.2, -0.15) is 0 Å². The summed E-state index contributed by atoms with van der Waals surface area (Å²) in [7, 11) is 1.28. The Morgan fingerprint density at radius 3 is 2.47 bits per heavy atom. The summed E-state index contributed by atoms with van der Waals surface area (Å²) in [6.45, 7) is 6.60. The number of nitrogens with one attached hydrogen (secondary N) is 1. The van der Waals surface area contributed by atoms with Gasteiger partial charge < -0.3 is 14.6 Å². The molecule has 3 rings (SSSR count). The first-order valence-electron chi connectivity index (χ1n) is 9.85. The van der Waals surface area contributed by atoms with Crippen LogP contribution in [-0.2, 0) is 22.5 Å². The van der Waals surface area contributed by atoms with E-state index in [9.17, 15) is 14.4 Å². The van der Waals surface area contributed by atoms with Gasteiger partial charge in [0.15, 0.2) is 5.78 Å². The Bertz CT molecular complexity index is 961. The zero-order chi connectivity index (χ0) is 21.8. The number of piperazine rings is 1. The minimum Gasteiger partial charge on any atom is -0.465 e. The number of hydrogen-bond acceptors (Lipinski definition) is 5. The SMILES string of the molecule is COC(=O)c1c(CC(=O)N2CCN(Cc3cccc(Cl)c3)CC2)[nH]c(C(C)=O)c1C. The highest BCUT2D eigenvalue weighted by molar-refractivity contribution is 6.30. The van der Waals surface area contributed by atoms with E-state index in [1.165, 1.54) is 14.0 Å². The summed E-state index contributed by atoms with van der Waals surface area (Å²) >= 11 is 6.05. The van der Waals surface area contributed by atoms with Crippen molar-refractivity contribution in [3.05, 3.63) is 57.4 Å². The van der Waals surface area contributed by atoms with Crippen LogP contribution in [0, 0.1) is 6.92 Å². The fourth-order valence-electron chi connectivity index (χ4n) is 3.83. The van der Waals surface area contributed by atoms with Gasteiger partial charge in [0.1, 0.15) is 0 Å². The lowest BCUT2D eigenvalue weighted by Gasteiger charge is -2.34. The second-order valence-corrected chi connectivity index (χ2v) is 7.93. The third kappa shape index (κ3) is 4.91. The molecule has 0 unspecified atom stereocenters. The maximum Gasteiger partial charge on any atom is 0.339 e. The summed E-state index contributed by atoms with van der Waals surface area (Å²) in [5.74, 6) is -0.824. The van der Waals surface area contributed by atoms with Gasteiger partial charge in [-0.15, -0.1) is 0 Å². The van der Waals surface area contributed by atoms with Crippen molar-refractivity contribution in [1.82, 2.24) is 14.8 Å². The van der Waals surface area contributed by atoms with Crippen LogP contribution in [0.15, 0.2) is 24.3 Å². The molecule has 160 valence electrons. The van der Waals surface area contributed by atoms with Crippen molar-refractivity contribution >= 4 is 29.3 Å². The first-order valence-corrected chi connectivity index (χ1v) is 10.2. The molecule has 1 aliphatic heterocycles. The number of Topliss-reactive ketones (excluding diaryl/α,β-unsaturated/α-hetero) is 1. The van der Waals surface area contributed by atoms with E-state index in [-0.39, 0.29) is 23.7 Å². The van der Waals surface area contributed by atoms with Crippen LogP contribution in [0.3, 0.4) is 0 Å². The highest BCUT2D eigenvalue weighted by Crippen LogP contribution is 2.22. The molecule has 1 aliphatic rings. The number of nitrogens with zero attached hydrogens (tertiary/aromatic N) is 2. The van der Waals surface area contributed by atoms with E-state index in [4.69, 9.17) is 16.3 Å². The van der Waals surface area contributed by atoms with E-state index >= 15 is 0 Å². The van der Waals surface area contributed by atoms with E-state index in [0.29, 0.717) is 35.1 Å². The number of carbonyl (C=O) groups is 3. The summed E-state index contributed by atoms with van der Waals surface area (Å²) in [5.41, 5.74) is 2.70. The number of rotatable bonds is 6. The van der Waals surface area contributed by atoms with Crippen molar-refractivity contribution in [1.29, 1.82) is 0 Å².